The minimum atomic E-state index is 0.325. The summed E-state index contributed by atoms with van der Waals surface area (Å²) in [5.41, 5.74) is 0. The van der Waals surface area contributed by atoms with Crippen molar-refractivity contribution in [3.05, 3.63) is 0 Å². The standard InChI is InChI=1S/C13H25N3O/c1-11-5-3-4-7-16(11)13(17)10-15-8-6-14-9-12(15)2/h11-12,14H,3-10H2,1-2H3. The van der Waals surface area contributed by atoms with Crippen LogP contribution in [0, 0.1) is 0 Å². The van der Waals surface area contributed by atoms with Crippen molar-refractivity contribution in [2.24, 2.45) is 0 Å². The molecule has 0 aliphatic carbocycles. The Morgan fingerprint density at radius 2 is 2.06 bits per heavy atom. The minimum absolute atomic E-state index is 0.325. The van der Waals surface area contributed by atoms with Gasteiger partial charge in [0, 0.05) is 38.3 Å². The van der Waals surface area contributed by atoms with Gasteiger partial charge in [0.2, 0.25) is 5.91 Å². The van der Waals surface area contributed by atoms with E-state index >= 15 is 0 Å². The van der Waals surface area contributed by atoms with Gasteiger partial charge in [-0.15, -0.1) is 0 Å². The Morgan fingerprint density at radius 3 is 2.76 bits per heavy atom. The molecular weight excluding hydrogens is 214 g/mol. The van der Waals surface area contributed by atoms with Gasteiger partial charge in [0.1, 0.15) is 0 Å². The molecule has 2 heterocycles. The van der Waals surface area contributed by atoms with Crippen LogP contribution in [-0.2, 0) is 4.79 Å². The number of nitrogens with one attached hydrogen (secondary N) is 1. The van der Waals surface area contributed by atoms with Gasteiger partial charge in [0.05, 0.1) is 6.54 Å². The lowest BCUT2D eigenvalue weighted by Gasteiger charge is -2.38. The zero-order chi connectivity index (χ0) is 12.3. The summed E-state index contributed by atoms with van der Waals surface area (Å²) in [6.45, 7) is 8.94. The average Bonchev–Trinajstić information content (AvgIpc) is 2.32. The Morgan fingerprint density at radius 1 is 1.24 bits per heavy atom. The van der Waals surface area contributed by atoms with E-state index in [1.54, 1.807) is 0 Å². The zero-order valence-corrected chi connectivity index (χ0v) is 11.1. The van der Waals surface area contributed by atoms with Crippen molar-refractivity contribution in [3.8, 4) is 0 Å². The average molecular weight is 239 g/mol. The number of piperidine rings is 1. The predicted molar refractivity (Wildman–Crippen MR) is 68.9 cm³/mol. The van der Waals surface area contributed by atoms with Crippen LogP contribution >= 0.6 is 0 Å². The molecule has 2 unspecified atom stereocenters. The summed E-state index contributed by atoms with van der Waals surface area (Å²) in [7, 11) is 0. The van der Waals surface area contributed by atoms with E-state index in [1.807, 2.05) is 0 Å². The van der Waals surface area contributed by atoms with Crippen molar-refractivity contribution >= 4 is 5.91 Å². The van der Waals surface area contributed by atoms with Crippen molar-refractivity contribution in [1.29, 1.82) is 0 Å². The van der Waals surface area contributed by atoms with Crippen molar-refractivity contribution < 1.29 is 4.79 Å². The summed E-state index contributed by atoms with van der Waals surface area (Å²) in [6.07, 6.45) is 3.62. The van der Waals surface area contributed by atoms with Gasteiger partial charge in [-0.2, -0.15) is 0 Å². The SMILES string of the molecule is CC1CNCCN1CC(=O)N1CCCCC1C. The molecule has 4 nitrogen and oxygen atoms in total. The van der Waals surface area contributed by atoms with Gasteiger partial charge in [0.15, 0.2) is 0 Å². The van der Waals surface area contributed by atoms with Crippen LogP contribution in [0.15, 0.2) is 0 Å². The van der Waals surface area contributed by atoms with Crippen LogP contribution in [0.2, 0.25) is 0 Å². The Hall–Kier alpha value is -0.610. The molecule has 2 aliphatic rings. The maximum Gasteiger partial charge on any atom is 0.236 e. The van der Waals surface area contributed by atoms with E-state index in [0.717, 1.165) is 26.2 Å². The van der Waals surface area contributed by atoms with Crippen LogP contribution in [0.4, 0.5) is 0 Å². The summed E-state index contributed by atoms with van der Waals surface area (Å²) in [6, 6.07) is 0.919. The topological polar surface area (TPSA) is 35.6 Å². The fourth-order valence-corrected chi connectivity index (χ4v) is 2.85. The minimum Gasteiger partial charge on any atom is -0.339 e. The first-order valence-corrected chi connectivity index (χ1v) is 6.92. The summed E-state index contributed by atoms with van der Waals surface area (Å²) in [5.74, 6) is 0.325. The summed E-state index contributed by atoms with van der Waals surface area (Å²) in [5, 5.41) is 3.36. The smallest absolute Gasteiger partial charge is 0.236 e. The van der Waals surface area contributed by atoms with Crippen LogP contribution in [0.3, 0.4) is 0 Å². The fourth-order valence-electron chi connectivity index (χ4n) is 2.85. The highest BCUT2D eigenvalue weighted by Crippen LogP contribution is 2.17. The number of nitrogens with zero attached hydrogens (tertiary/aromatic N) is 2. The molecule has 17 heavy (non-hydrogen) atoms. The third kappa shape index (κ3) is 3.19. The van der Waals surface area contributed by atoms with E-state index in [1.165, 1.54) is 19.3 Å². The molecule has 0 saturated carbocycles. The molecule has 2 aliphatic heterocycles. The van der Waals surface area contributed by atoms with Crippen molar-refractivity contribution in [1.82, 2.24) is 15.1 Å². The van der Waals surface area contributed by atoms with E-state index in [9.17, 15) is 4.79 Å². The van der Waals surface area contributed by atoms with Gasteiger partial charge in [-0.05, 0) is 33.1 Å². The Labute approximate surface area is 104 Å². The van der Waals surface area contributed by atoms with Gasteiger partial charge in [-0.3, -0.25) is 9.69 Å². The third-order valence-electron chi connectivity index (χ3n) is 4.10. The second kappa shape index (κ2) is 5.83. The second-order valence-corrected chi connectivity index (χ2v) is 5.46. The Kier molecular flexibility index (Phi) is 4.40. The third-order valence-corrected chi connectivity index (χ3v) is 4.10. The molecule has 2 atom stereocenters. The largest absolute Gasteiger partial charge is 0.339 e. The van der Waals surface area contributed by atoms with E-state index in [0.29, 0.717) is 24.5 Å². The van der Waals surface area contributed by atoms with Gasteiger partial charge < -0.3 is 10.2 Å². The molecule has 1 N–H and O–H groups in total. The highest BCUT2D eigenvalue weighted by atomic mass is 16.2. The first kappa shape index (κ1) is 12.8. The molecule has 0 radical (unpaired) electrons. The van der Waals surface area contributed by atoms with Crippen LogP contribution < -0.4 is 5.32 Å². The monoisotopic (exact) mass is 239 g/mol. The molecular formula is C13H25N3O. The van der Waals surface area contributed by atoms with Gasteiger partial charge in [-0.1, -0.05) is 0 Å². The summed E-state index contributed by atoms with van der Waals surface area (Å²) >= 11 is 0. The molecule has 0 aromatic heterocycles. The quantitative estimate of drug-likeness (QED) is 0.770. The van der Waals surface area contributed by atoms with Crippen LogP contribution in [0.1, 0.15) is 33.1 Å². The van der Waals surface area contributed by atoms with Crippen LogP contribution in [-0.4, -0.2) is 60.5 Å². The van der Waals surface area contributed by atoms with E-state index in [-0.39, 0.29) is 0 Å². The van der Waals surface area contributed by atoms with Gasteiger partial charge in [0.25, 0.3) is 0 Å². The highest BCUT2D eigenvalue weighted by Gasteiger charge is 2.26. The molecule has 2 fully saturated rings. The molecule has 2 rings (SSSR count). The first-order chi connectivity index (χ1) is 8.18. The number of hydrogen-bond acceptors (Lipinski definition) is 3. The number of likely N-dealkylation sites (tertiary alicyclic amines) is 1. The summed E-state index contributed by atoms with van der Waals surface area (Å²) in [4.78, 5) is 16.7. The van der Waals surface area contributed by atoms with E-state index in [2.05, 4.69) is 29.0 Å². The molecule has 4 heteroatoms. The lowest BCUT2D eigenvalue weighted by Crippen LogP contribution is -2.54. The molecule has 2 saturated heterocycles. The number of amides is 1. The highest BCUT2D eigenvalue weighted by molar-refractivity contribution is 5.78. The lowest BCUT2D eigenvalue weighted by molar-refractivity contribution is -0.136. The van der Waals surface area contributed by atoms with Gasteiger partial charge >= 0.3 is 0 Å². The number of rotatable bonds is 2. The normalized spacial score (nSPS) is 31.5. The Balaban J connectivity index is 1.86. The number of carbonyl (C=O) groups is 1. The lowest BCUT2D eigenvalue weighted by atomic mass is 10.0. The molecule has 1 amide bonds. The van der Waals surface area contributed by atoms with Crippen molar-refractivity contribution in [3.63, 3.8) is 0 Å². The number of carbonyl (C=O) groups excluding carboxylic acids is 1. The van der Waals surface area contributed by atoms with Crippen LogP contribution in [0.5, 0.6) is 0 Å². The number of piperazine rings is 1. The number of hydrogen-bond donors (Lipinski definition) is 1. The molecule has 0 spiro atoms. The van der Waals surface area contributed by atoms with Crippen LogP contribution in [0.25, 0.3) is 0 Å². The summed E-state index contributed by atoms with van der Waals surface area (Å²) < 4.78 is 0. The second-order valence-electron chi connectivity index (χ2n) is 5.46. The van der Waals surface area contributed by atoms with E-state index in [4.69, 9.17) is 0 Å². The molecule has 0 aromatic rings. The molecule has 0 bridgehead atoms. The Bertz CT molecular complexity index is 269. The van der Waals surface area contributed by atoms with E-state index < -0.39 is 0 Å². The van der Waals surface area contributed by atoms with Crippen molar-refractivity contribution in [2.45, 2.75) is 45.2 Å². The predicted octanol–water partition coefficient (Wildman–Crippen LogP) is 0.681. The molecule has 0 aromatic carbocycles. The maximum atomic E-state index is 12.3. The zero-order valence-electron chi connectivity index (χ0n) is 11.1. The molecule has 98 valence electrons. The first-order valence-electron chi connectivity index (χ1n) is 6.92. The fraction of sp³-hybridized carbons (Fsp3) is 0.923. The van der Waals surface area contributed by atoms with Gasteiger partial charge in [-0.25, -0.2) is 0 Å². The maximum absolute atomic E-state index is 12.3. The van der Waals surface area contributed by atoms with Crippen molar-refractivity contribution in [2.75, 3.05) is 32.7 Å².